The van der Waals surface area contributed by atoms with E-state index in [9.17, 15) is 10.1 Å². The second-order valence-corrected chi connectivity index (χ2v) is 10.1. The van der Waals surface area contributed by atoms with E-state index in [-0.39, 0.29) is 11.9 Å². The second-order valence-electron chi connectivity index (χ2n) is 4.99. The van der Waals surface area contributed by atoms with Crippen molar-refractivity contribution >= 4 is 63.0 Å². The van der Waals surface area contributed by atoms with Crippen LogP contribution in [0.25, 0.3) is 0 Å². The molecule has 0 aromatic heterocycles. The van der Waals surface area contributed by atoms with E-state index in [1.165, 1.54) is 6.08 Å². The molecule has 3 atom stereocenters. The molecule has 1 aliphatic heterocycles. The molecule has 0 spiro atoms. The molecule has 120 valence electrons. The first kappa shape index (κ1) is 19.9. The molecule has 1 amide bonds. The summed E-state index contributed by atoms with van der Waals surface area (Å²) in [5.74, 6) is -0.235. The van der Waals surface area contributed by atoms with Gasteiger partial charge in [-0.1, -0.05) is 44.0 Å². The lowest BCUT2D eigenvalue weighted by atomic mass is 10.0. The Hall–Kier alpha value is -0.160. The molecular formula is C15H18Br2N2OS2. The number of carbonyl (C=O) groups is 1. The highest BCUT2D eigenvalue weighted by Gasteiger charge is 2.37. The van der Waals surface area contributed by atoms with E-state index in [1.807, 2.05) is 0 Å². The fraction of sp³-hybridized carbons (Fsp3) is 0.467. The molecule has 1 saturated heterocycles. The van der Waals surface area contributed by atoms with Crippen LogP contribution in [0.5, 0.6) is 0 Å². The highest BCUT2D eigenvalue weighted by molar-refractivity contribution is 9.12. The van der Waals surface area contributed by atoms with Gasteiger partial charge in [-0.15, -0.1) is 13.2 Å². The van der Waals surface area contributed by atoms with Crippen LogP contribution in [0.15, 0.2) is 37.0 Å². The fourth-order valence-corrected chi connectivity index (χ4v) is 4.20. The molecule has 0 N–H and O–H groups in total. The molecule has 1 aliphatic rings. The molecule has 1 fully saturated rings. The third kappa shape index (κ3) is 4.67. The Kier molecular flexibility index (Phi) is 7.31. The first-order valence-electron chi connectivity index (χ1n) is 6.72. The van der Waals surface area contributed by atoms with Crippen LogP contribution >= 0.6 is 57.1 Å². The molecule has 0 radical (unpaired) electrons. The number of rotatable bonds is 5. The lowest BCUT2D eigenvalue weighted by Gasteiger charge is -2.33. The standard InChI is InChI=1S/C15H18Br2N2OS2/c1-3-14(16,21)12(15(17,22)4-2)9-13(20)19-8-6-5-7-11(19)10-18/h3-4,9,11,21-22H,1-2,5-8H2. The van der Waals surface area contributed by atoms with Gasteiger partial charge in [0.25, 0.3) is 0 Å². The van der Waals surface area contributed by atoms with Gasteiger partial charge in [-0.3, -0.25) is 4.79 Å². The molecule has 22 heavy (non-hydrogen) atoms. The highest BCUT2D eigenvalue weighted by atomic mass is 79.9. The first-order valence-corrected chi connectivity index (χ1v) is 9.20. The number of amides is 1. The zero-order valence-corrected chi connectivity index (χ0v) is 17.0. The van der Waals surface area contributed by atoms with Crippen molar-refractivity contribution in [1.82, 2.24) is 4.90 Å². The number of carbonyl (C=O) groups excluding carboxylic acids is 1. The van der Waals surface area contributed by atoms with Crippen molar-refractivity contribution in [2.75, 3.05) is 6.54 Å². The number of nitrogens with zero attached hydrogens (tertiary/aromatic N) is 2. The monoisotopic (exact) mass is 464 g/mol. The van der Waals surface area contributed by atoms with Crippen LogP contribution in [-0.2, 0) is 4.79 Å². The van der Waals surface area contributed by atoms with Crippen LogP contribution in [0, 0.1) is 11.3 Å². The predicted octanol–water partition coefficient (Wildman–Crippen LogP) is 4.23. The Labute approximate surface area is 159 Å². The van der Waals surface area contributed by atoms with Crippen LogP contribution in [0.2, 0.25) is 0 Å². The molecule has 1 heterocycles. The van der Waals surface area contributed by atoms with E-state index in [0.29, 0.717) is 18.5 Å². The number of nitriles is 1. The molecular weight excluding hydrogens is 448 g/mol. The number of thiol groups is 2. The lowest BCUT2D eigenvalue weighted by molar-refractivity contribution is -0.128. The summed E-state index contributed by atoms with van der Waals surface area (Å²) in [5.41, 5.74) is 0.531. The van der Waals surface area contributed by atoms with Crippen molar-refractivity contribution in [3.05, 3.63) is 37.0 Å². The smallest absolute Gasteiger partial charge is 0.247 e. The average molecular weight is 466 g/mol. The van der Waals surface area contributed by atoms with Gasteiger partial charge in [-0.2, -0.15) is 30.5 Å². The molecule has 3 nitrogen and oxygen atoms in total. The Bertz CT molecular complexity index is 516. The van der Waals surface area contributed by atoms with Gasteiger partial charge in [0.1, 0.15) is 13.4 Å². The summed E-state index contributed by atoms with van der Waals surface area (Å²) in [5, 5.41) is 9.21. The van der Waals surface area contributed by atoms with Crippen molar-refractivity contribution in [3.63, 3.8) is 0 Å². The molecule has 7 heteroatoms. The maximum atomic E-state index is 12.6. The van der Waals surface area contributed by atoms with Gasteiger partial charge in [-0.25, -0.2) is 0 Å². The Morgan fingerprint density at radius 1 is 1.27 bits per heavy atom. The van der Waals surface area contributed by atoms with E-state index >= 15 is 0 Å². The van der Waals surface area contributed by atoms with E-state index in [1.54, 1.807) is 17.1 Å². The number of alkyl halides is 2. The minimum Gasteiger partial charge on any atom is -0.323 e. The van der Waals surface area contributed by atoms with Gasteiger partial charge >= 0.3 is 0 Å². The van der Waals surface area contributed by atoms with E-state index in [4.69, 9.17) is 0 Å². The van der Waals surface area contributed by atoms with Gasteiger partial charge in [0.2, 0.25) is 5.91 Å². The number of halogens is 2. The summed E-state index contributed by atoms with van der Waals surface area (Å²) in [6, 6.07) is 1.80. The largest absolute Gasteiger partial charge is 0.323 e. The van der Waals surface area contributed by atoms with E-state index in [0.717, 1.165) is 12.8 Å². The second kappa shape index (κ2) is 8.09. The maximum Gasteiger partial charge on any atom is 0.247 e. The molecule has 3 unspecified atom stereocenters. The van der Waals surface area contributed by atoms with Gasteiger partial charge in [0, 0.05) is 12.6 Å². The van der Waals surface area contributed by atoms with Crippen LogP contribution in [0.1, 0.15) is 19.3 Å². The van der Waals surface area contributed by atoms with Crippen molar-refractivity contribution in [1.29, 1.82) is 5.26 Å². The molecule has 0 aromatic carbocycles. The third-order valence-electron chi connectivity index (χ3n) is 3.50. The van der Waals surface area contributed by atoms with Gasteiger partial charge in [0.15, 0.2) is 0 Å². The van der Waals surface area contributed by atoms with E-state index in [2.05, 4.69) is 76.3 Å². The zero-order chi connectivity index (χ0) is 17.0. The first-order chi connectivity index (χ1) is 10.2. The SMILES string of the molecule is C=CC(S)(Br)C(=CC(=O)N1CCCCC1C#N)C(S)(Br)C=C. The number of likely N-dealkylation sites (tertiary alicyclic amines) is 1. The van der Waals surface area contributed by atoms with Crippen LogP contribution in [-0.4, -0.2) is 30.7 Å². The third-order valence-corrected chi connectivity index (χ3v) is 5.85. The maximum absolute atomic E-state index is 12.6. The molecule has 0 aliphatic carbocycles. The summed E-state index contributed by atoms with van der Waals surface area (Å²) in [4.78, 5) is 14.2. The normalized spacial score (nSPS) is 23.4. The Balaban J connectivity index is 3.22. The minimum absolute atomic E-state index is 0.235. The van der Waals surface area contributed by atoms with Crippen molar-refractivity contribution in [2.24, 2.45) is 0 Å². The summed E-state index contributed by atoms with van der Waals surface area (Å²) in [6.07, 6.45) is 7.13. The van der Waals surface area contributed by atoms with Crippen LogP contribution < -0.4 is 0 Å². The van der Waals surface area contributed by atoms with Crippen molar-refractivity contribution in [3.8, 4) is 6.07 Å². The topological polar surface area (TPSA) is 44.1 Å². The number of hydrogen-bond acceptors (Lipinski definition) is 4. The molecule has 0 saturated carbocycles. The molecule has 0 aromatic rings. The fourth-order valence-electron chi connectivity index (χ4n) is 2.20. The minimum atomic E-state index is -0.931. The zero-order valence-electron chi connectivity index (χ0n) is 12.0. The van der Waals surface area contributed by atoms with Crippen molar-refractivity contribution < 1.29 is 4.79 Å². The van der Waals surface area contributed by atoms with Gasteiger partial charge in [0.05, 0.1) is 6.07 Å². The van der Waals surface area contributed by atoms with Gasteiger partial charge < -0.3 is 4.90 Å². The summed E-state index contributed by atoms with van der Waals surface area (Å²) >= 11 is 15.8. The Morgan fingerprint density at radius 2 is 1.82 bits per heavy atom. The Morgan fingerprint density at radius 3 is 2.27 bits per heavy atom. The highest BCUT2D eigenvalue weighted by Crippen LogP contribution is 2.46. The summed E-state index contributed by atoms with van der Waals surface area (Å²) in [7, 11) is 0. The summed E-state index contributed by atoms with van der Waals surface area (Å²) < 4.78 is -1.86. The van der Waals surface area contributed by atoms with E-state index < -0.39 is 7.31 Å². The van der Waals surface area contributed by atoms with Crippen molar-refractivity contribution in [2.45, 2.75) is 32.6 Å². The quantitative estimate of drug-likeness (QED) is 0.276. The lowest BCUT2D eigenvalue weighted by Crippen LogP contribution is -2.43. The molecule has 0 bridgehead atoms. The average Bonchev–Trinajstić information content (AvgIpc) is 2.51. The van der Waals surface area contributed by atoms with Crippen LogP contribution in [0.4, 0.5) is 0 Å². The number of piperidine rings is 1. The molecule has 1 rings (SSSR count). The summed E-state index contributed by atoms with van der Waals surface area (Å²) in [6.45, 7) is 8.02. The number of hydrogen-bond donors (Lipinski definition) is 2. The van der Waals surface area contributed by atoms with Crippen LogP contribution in [0.3, 0.4) is 0 Å². The predicted molar refractivity (Wildman–Crippen MR) is 105 cm³/mol. The van der Waals surface area contributed by atoms with Gasteiger partial charge in [-0.05, 0) is 24.8 Å².